The summed E-state index contributed by atoms with van der Waals surface area (Å²) in [6, 6.07) is 0. The van der Waals surface area contributed by atoms with Gasteiger partial charge in [-0.25, -0.2) is 0 Å². The van der Waals surface area contributed by atoms with Gasteiger partial charge in [0, 0.05) is 19.3 Å². The minimum atomic E-state index is -0.783. The second-order valence-corrected chi connectivity index (χ2v) is 22.4. The molecule has 0 radical (unpaired) electrons. The van der Waals surface area contributed by atoms with Gasteiger partial charge in [0.1, 0.15) is 13.2 Å². The molecule has 76 heavy (non-hydrogen) atoms. The Hall–Kier alpha value is -2.89. The van der Waals surface area contributed by atoms with Crippen molar-refractivity contribution in [1.82, 2.24) is 0 Å². The third kappa shape index (κ3) is 62.0. The number of hydrogen-bond acceptors (Lipinski definition) is 6. The van der Waals surface area contributed by atoms with Crippen molar-refractivity contribution in [2.24, 2.45) is 0 Å². The first-order valence-electron chi connectivity index (χ1n) is 33.3. The fraction of sp³-hybridized carbons (Fsp3) is 0.814. The number of carbonyl (C=O) groups excluding carboxylic acids is 3. The summed E-state index contributed by atoms with van der Waals surface area (Å²) in [5.74, 6) is -0.888. The molecule has 0 aliphatic rings. The topological polar surface area (TPSA) is 78.9 Å². The molecule has 0 aromatic carbocycles. The summed E-state index contributed by atoms with van der Waals surface area (Å²) in [7, 11) is 0. The van der Waals surface area contributed by atoms with E-state index in [9.17, 15) is 14.4 Å². The van der Waals surface area contributed by atoms with Crippen LogP contribution >= 0.6 is 0 Å². The predicted octanol–water partition coefficient (Wildman–Crippen LogP) is 22.7. The van der Waals surface area contributed by atoms with Crippen molar-refractivity contribution in [3.8, 4) is 0 Å². The molecule has 0 fully saturated rings. The van der Waals surface area contributed by atoms with Crippen molar-refractivity contribution in [2.75, 3.05) is 13.2 Å². The number of carbonyl (C=O) groups is 3. The number of unbranched alkanes of at least 4 members (excludes halogenated alkanes) is 40. The highest BCUT2D eigenvalue weighted by Crippen LogP contribution is 2.17. The molecule has 0 rings (SSSR count). The van der Waals surface area contributed by atoms with Gasteiger partial charge >= 0.3 is 17.9 Å². The second kappa shape index (κ2) is 64.6. The van der Waals surface area contributed by atoms with Gasteiger partial charge in [0.2, 0.25) is 0 Å². The zero-order valence-electron chi connectivity index (χ0n) is 50.8. The molecular weight excluding hydrogens is 937 g/mol. The first kappa shape index (κ1) is 73.1. The molecule has 6 nitrogen and oxygen atoms in total. The zero-order chi connectivity index (χ0) is 55.0. The van der Waals surface area contributed by atoms with Crippen LogP contribution in [0.25, 0.3) is 0 Å². The average molecular weight is 1060 g/mol. The molecule has 6 heteroatoms. The van der Waals surface area contributed by atoms with E-state index in [1.807, 2.05) is 0 Å². The lowest BCUT2D eigenvalue weighted by Gasteiger charge is -2.18. The van der Waals surface area contributed by atoms with Crippen molar-refractivity contribution in [1.29, 1.82) is 0 Å². The zero-order valence-corrected chi connectivity index (χ0v) is 50.8. The average Bonchev–Trinajstić information content (AvgIpc) is 3.42. The Kier molecular flexibility index (Phi) is 62.2. The van der Waals surface area contributed by atoms with Crippen LogP contribution in [0.2, 0.25) is 0 Å². The Bertz CT molecular complexity index is 1360. The molecule has 1 atom stereocenters. The smallest absolute Gasteiger partial charge is 0.306 e. The van der Waals surface area contributed by atoms with Crippen molar-refractivity contribution < 1.29 is 28.6 Å². The number of allylic oxidation sites excluding steroid dienone is 10. The largest absolute Gasteiger partial charge is 0.462 e. The summed E-state index contributed by atoms with van der Waals surface area (Å²) in [4.78, 5) is 38.2. The highest BCUT2D eigenvalue weighted by Gasteiger charge is 2.19. The number of esters is 3. The summed E-state index contributed by atoms with van der Waals surface area (Å²) in [6.07, 6.45) is 82.6. The van der Waals surface area contributed by atoms with E-state index in [1.165, 1.54) is 212 Å². The van der Waals surface area contributed by atoms with Crippen LogP contribution < -0.4 is 0 Å². The Morgan fingerprint density at radius 1 is 0.263 bits per heavy atom. The van der Waals surface area contributed by atoms with Gasteiger partial charge in [-0.05, 0) is 96.3 Å². The fourth-order valence-electron chi connectivity index (χ4n) is 9.65. The Morgan fingerprint density at radius 3 is 0.776 bits per heavy atom. The quantitative estimate of drug-likeness (QED) is 0.0261. The maximum absolute atomic E-state index is 12.8. The molecule has 0 aromatic heterocycles. The maximum atomic E-state index is 12.8. The van der Waals surface area contributed by atoms with Gasteiger partial charge in [-0.1, -0.05) is 293 Å². The standard InChI is InChI=1S/C70H126O6/c1-4-7-10-13-16-19-22-24-26-27-28-29-30-31-32-33-34-35-36-37-38-39-40-41-42-43-44-46-48-51-54-57-60-63-69(72)75-66-67(65-74-68(71)62-59-56-53-50-47-21-18-15-12-9-6-3)76-70(73)64-61-58-55-52-49-45-25-23-20-17-14-11-8-5-2/h14-15,17-18,22-25,27-28,67H,4-13,16,19-21,26,29-66H2,1-3H3/b17-14-,18-15-,24-22-,25-23-,28-27-. The van der Waals surface area contributed by atoms with Crippen LogP contribution in [0.3, 0.4) is 0 Å². The van der Waals surface area contributed by atoms with Crippen LogP contribution in [0, 0.1) is 0 Å². The Morgan fingerprint density at radius 2 is 0.487 bits per heavy atom. The summed E-state index contributed by atoms with van der Waals surface area (Å²) >= 11 is 0. The van der Waals surface area contributed by atoms with E-state index in [-0.39, 0.29) is 31.1 Å². The predicted molar refractivity (Wildman–Crippen MR) is 330 cm³/mol. The number of rotatable bonds is 61. The SMILES string of the molecule is CCCC/C=C\C/C=C\CCCCCCCC(=O)OC(COC(=O)CCCCCCC/C=C\CCCC)COC(=O)CCCCCCCCCCCCCCCCCCCCCCC/C=C\C/C=C\CCCCCCC. The molecule has 0 aromatic rings. The molecule has 0 aliphatic carbocycles. The van der Waals surface area contributed by atoms with E-state index in [1.54, 1.807) is 0 Å². The lowest BCUT2D eigenvalue weighted by molar-refractivity contribution is -0.167. The summed E-state index contributed by atoms with van der Waals surface area (Å²) in [5, 5.41) is 0. The highest BCUT2D eigenvalue weighted by molar-refractivity contribution is 5.71. The molecule has 0 aliphatic heterocycles. The molecule has 442 valence electrons. The van der Waals surface area contributed by atoms with Gasteiger partial charge < -0.3 is 14.2 Å². The minimum Gasteiger partial charge on any atom is -0.462 e. The summed E-state index contributed by atoms with van der Waals surface area (Å²) in [6.45, 7) is 6.57. The highest BCUT2D eigenvalue weighted by atomic mass is 16.6. The van der Waals surface area contributed by atoms with E-state index in [0.717, 1.165) is 96.3 Å². The number of hydrogen-bond donors (Lipinski definition) is 0. The maximum Gasteiger partial charge on any atom is 0.306 e. The molecule has 0 N–H and O–H groups in total. The summed E-state index contributed by atoms with van der Waals surface area (Å²) in [5.41, 5.74) is 0. The van der Waals surface area contributed by atoms with Crippen molar-refractivity contribution in [3.63, 3.8) is 0 Å². The first-order chi connectivity index (χ1) is 37.5. The Balaban J connectivity index is 4.06. The minimum absolute atomic E-state index is 0.0793. The van der Waals surface area contributed by atoms with Crippen LogP contribution in [0.15, 0.2) is 60.8 Å². The van der Waals surface area contributed by atoms with Crippen molar-refractivity contribution in [2.45, 2.75) is 354 Å². The van der Waals surface area contributed by atoms with Gasteiger partial charge in [0.15, 0.2) is 6.10 Å². The molecule has 0 saturated carbocycles. The van der Waals surface area contributed by atoms with Gasteiger partial charge in [-0.3, -0.25) is 14.4 Å². The lowest BCUT2D eigenvalue weighted by Crippen LogP contribution is -2.30. The van der Waals surface area contributed by atoms with Crippen LogP contribution in [0.1, 0.15) is 348 Å². The Labute approximate surface area is 472 Å². The lowest BCUT2D eigenvalue weighted by atomic mass is 10.0. The van der Waals surface area contributed by atoms with Crippen LogP contribution in [0.5, 0.6) is 0 Å². The molecule has 0 saturated heterocycles. The normalized spacial score (nSPS) is 12.4. The van der Waals surface area contributed by atoms with E-state index >= 15 is 0 Å². The first-order valence-corrected chi connectivity index (χ1v) is 33.3. The van der Waals surface area contributed by atoms with E-state index in [2.05, 4.69) is 81.5 Å². The molecule has 0 amide bonds. The van der Waals surface area contributed by atoms with Crippen molar-refractivity contribution in [3.05, 3.63) is 60.8 Å². The third-order valence-electron chi connectivity index (χ3n) is 14.7. The van der Waals surface area contributed by atoms with Crippen LogP contribution in [-0.4, -0.2) is 37.2 Å². The van der Waals surface area contributed by atoms with E-state index < -0.39 is 6.10 Å². The van der Waals surface area contributed by atoms with Crippen LogP contribution in [-0.2, 0) is 28.6 Å². The van der Waals surface area contributed by atoms with E-state index in [4.69, 9.17) is 14.2 Å². The fourth-order valence-corrected chi connectivity index (χ4v) is 9.65. The van der Waals surface area contributed by atoms with Gasteiger partial charge in [-0.2, -0.15) is 0 Å². The van der Waals surface area contributed by atoms with Crippen molar-refractivity contribution >= 4 is 17.9 Å². The molecule has 0 heterocycles. The monoisotopic (exact) mass is 1060 g/mol. The molecule has 0 spiro atoms. The van der Waals surface area contributed by atoms with Gasteiger partial charge in [-0.15, -0.1) is 0 Å². The van der Waals surface area contributed by atoms with Gasteiger partial charge in [0.05, 0.1) is 0 Å². The second-order valence-electron chi connectivity index (χ2n) is 22.4. The molecular formula is C70H126O6. The van der Waals surface area contributed by atoms with E-state index in [0.29, 0.717) is 19.3 Å². The van der Waals surface area contributed by atoms with Gasteiger partial charge in [0.25, 0.3) is 0 Å². The molecule has 1 unspecified atom stereocenters. The summed E-state index contributed by atoms with van der Waals surface area (Å²) < 4.78 is 16.9. The number of ether oxygens (including phenoxy) is 3. The molecule has 0 bridgehead atoms. The van der Waals surface area contributed by atoms with Crippen LogP contribution in [0.4, 0.5) is 0 Å². The third-order valence-corrected chi connectivity index (χ3v) is 14.7.